The third-order valence-corrected chi connectivity index (χ3v) is 8.28. The van der Waals surface area contributed by atoms with Crippen molar-refractivity contribution in [3.8, 4) is 0 Å². The molecule has 4 nitrogen and oxygen atoms in total. The number of likely N-dealkylation sites (tertiary alicyclic amines) is 1. The summed E-state index contributed by atoms with van der Waals surface area (Å²) in [6.07, 6.45) is 12.4. The highest BCUT2D eigenvalue weighted by Crippen LogP contribution is 2.24. The summed E-state index contributed by atoms with van der Waals surface area (Å²) in [5.74, 6) is 0. The highest BCUT2D eigenvalue weighted by molar-refractivity contribution is 6.60. The van der Waals surface area contributed by atoms with E-state index in [1.165, 1.54) is 81.9 Å². The molecule has 0 saturated carbocycles. The molecule has 1 aliphatic heterocycles. The minimum atomic E-state index is -2.43. The van der Waals surface area contributed by atoms with Gasteiger partial charge in [-0.25, -0.2) is 0 Å². The van der Waals surface area contributed by atoms with Gasteiger partial charge in [-0.15, -0.1) is 0 Å². The number of unbranched alkanes of at least 4 members (excludes halogenated alkanes) is 5. The Kier molecular flexibility index (Phi) is 10.6. The fraction of sp³-hybridized carbons (Fsp3) is 1.00. The van der Waals surface area contributed by atoms with E-state index >= 15 is 0 Å². The number of piperidine rings is 1. The van der Waals surface area contributed by atoms with Crippen molar-refractivity contribution in [3.05, 3.63) is 0 Å². The van der Waals surface area contributed by atoms with Crippen molar-refractivity contribution in [2.45, 2.75) is 70.8 Å². The third kappa shape index (κ3) is 7.22. The zero-order chi connectivity index (χ0) is 17.0. The van der Waals surface area contributed by atoms with Crippen LogP contribution < -0.4 is 0 Å². The number of rotatable bonds is 13. The van der Waals surface area contributed by atoms with Crippen LogP contribution in [0.5, 0.6) is 0 Å². The first-order valence-corrected chi connectivity index (χ1v) is 11.6. The second-order valence-corrected chi connectivity index (χ2v) is 10.2. The van der Waals surface area contributed by atoms with Crippen LogP contribution in [0.25, 0.3) is 0 Å². The van der Waals surface area contributed by atoms with Crippen LogP contribution in [-0.4, -0.2) is 60.8 Å². The van der Waals surface area contributed by atoms with Crippen LogP contribution in [0.3, 0.4) is 0 Å². The van der Waals surface area contributed by atoms with Gasteiger partial charge in [-0.1, -0.05) is 32.6 Å². The van der Waals surface area contributed by atoms with Crippen LogP contribution in [0, 0.1) is 0 Å². The predicted octanol–water partition coefficient (Wildman–Crippen LogP) is 4.23. The van der Waals surface area contributed by atoms with E-state index in [1.54, 1.807) is 21.3 Å². The van der Waals surface area contributed by atoms with Crippen molar-refractivity contribution in [1.82, 2.24) is 0 Å². The Morgan fingerprint density at radius 2 is 1.30 bits per heavy atom. The first-order chi connectivity index (χ1) is 11.2. The minimum absolute atomic E-state index is 0.937. The predicted molar refractivity (Wildman–Crippen MR) is 98.5 cm³/mol. The molecule has 23 heavy (non-hydrogen) atoms. The molecule has 0 aliphatic carbocycles. The number of quaternary nitrogens is 1. The molecule has 1 fully saturated rings. The lowest BCUT2D eigenvalue weighted by molar-refractivity contribution is -0.931. The van der Waals surface area contributed by atoms with Crippen LogP contribution in [0.1, 0.15) is 64.7 Å². The van der Waals surface area contributed by atoms with E-state index in [4.69, 9.17) is 13.3 Å². The van der Waals surface area contributed by atoms with E-state index in [2.05, 4.69) is 6.92 Å². The molecule has 1 heterocycles. The average molecular weight is 347 g/mol. The van der Waals surface area contributed by atoms with Crippen LogP contribution in [0.4, 0.5) is 0 Å². The Bertz CT molecular complexity index is 284. The first-order valence-electron chi connectivity index (χ1n) is 9.66. The van der Waals surface area contributed by atoms with E-state index in [0.29, 0.717) is 0 Å². The Balaban J connectivity index is 2.47. The standard InChI is InChI=1S/C18H40NO3Si/c1-5-6-7-8-9-11-14-19(15-12-10-13-16-19)17-18-23(20-2,21-3)22-4/h5-18H2,1-4H3/q+1. The zero-order valence-electron chi connectivity index (χ0n) is 16.1. The summed E-state index contributed by atoms with van der Waals surface area (Å²) in [4.78, 5) is 0. The SMILES string of the molecule is CCCCCCCC[N+]1(CC[Si](OC)(OC)OC)CCCCC1. The second kappa shape index (κ2) is 11.6. The maximum absolute atomic E-state index is 5.63. The van der Waals surface area contributed by atoms with Gasteiger partial charge in [0.1, 0.15) is 0 Å². The molecule has 1 rings (SSSR count). The molecule has 0 N–H and O–H groups in total. The molecule has 0 aromatic rings. The Morgan fingerprint density at radius 3 is 1.87 bits per heavy atom. The molecular formula is C18H40NO3Si+. The summed E-state index contributed by atoms with van der Waals surface area (Å²) < 4.78 is 18.1. The molecule has 0 radical (unpaired) electrons. The largest absolute Gasteiger partial charge is 0.505 e. The lowest BCUT2D eigenvalue weighted by Crippen LogP contribution is -2.56. The van der Waals surface area contributed by atoms with Crippen molar-refractivity contribution in [2.24, 2.45) is 0 Å². The molecule has 0 unspecified atom stereocenters. The highest BCUT2D eigenvalue weighted by Gasteiger charge is 2.42. The normalized spacial score (nSPS) is 18.3. The van der Waals surface area contributed by atoms with Gasteiger partial charge < -0.3 is 17.8 Å². The molecule has 0 aromatic carbocycles. The lowest BCUT2D eigenvalue weighted by Gasteiger charge is -2.43. The van der Waals surface area contributed by atoms with Crippen molar-refractivity contribution >= 4 is 8.80 Å². The van der Waals surface area contributed by atoms with E-state index in [0.717, 1.165) is 12.6 Å². The molecule has 138 valence electrons. The van der Waals surface area contributed by atoms with Crippen molar-refractivity contribution < 1.29 is 17.8 Å². The summed E-state index contributed by atoms with van der Waals surface area (Å²) in [6, 6.07) is 0.937. The van der Waals surface area contributed by atoms with E-state index < -0.39 is 8.80 Å². The second-order valence-electron chi connectivity index (χ2n) is 7.11. The van der Waals surface area contributed by atoms with Gasteiger partial charge in [0.2, 0.25) is 0 Å². The van der Waals surface area contributed by atoms with Gasteiger partial charge in [0.05, 0.1) is 32.2 Å². The van der Waals surface area contributed by atoms with Crippen LogP contribution in [-0.2, 0) is 13.3 Å². The summed E-state index contributed by atoms with van der Waals surface area (Å²) in [5.41, 5.74) is 0. The fourth-order valence-corrected chi connectivity index (χ4v) is 5.76. The van der Waals surface area contributed by atoms with Gasteiger partial charge in [-0.05, 0) is 32.1 Å². The molecule has 1 saturated heterocycles. The van der Waals surface area contributed by atoms with Gasteiger partial charge in [-0.2, -0.15) is 0 Å². The van der Waals surface area contributed by atoms with Crippen LogP contribution in [0.15, 0.2) is 0 Å². The third-order valence-electron chi connectivity index (χ3n) is 5.58. The molecular weight excluding hydrogens is 306 g/mol. The Labute approximate surface area is 145 Å². The maximum atomic E-state index is 5.63. The number of hydrogen-bond acceptors (Lipinski definition) is 3. The number of nitrogens with zero attached hydrogens (tertiary/aromatic N) is 1. The smallest absolute Gasteiger partial charge is 0.377 e. The van der Waals surface area contributed by atoms with Crippen LogP contribution in [0.2, 0.25) is 6.04 Å². The van der Waals surface area contributed by atoms with Gasteiger partial charge in [0.25, 0.3) is 0 Å². The molecule has 0 amide bonds. The Hall–Kier alpha value is 0.0569. The molecule has 0 atom stereocenters. The molecule has 0 spiro atoms. The fourth-order valence-electron chi connectivity index (χ4n) is 3.90. The van der Waals surface area contributed by atoms with Crippen molar-refractivity contribution in [2.75, 3.05) is 47.5 Å². The summed E-state index contributed by atoms with van der Waals surface area (Å²) in [5, 5.41) is 0. The Morgan fingerprint density at radius 1 is 0.739 bits per heavy atom. The van der Waals surface area contributed by atoms with Gasteiger partial charge in [0, 0.05) is 21.3 Å². The summed E-state index contributed by atoms with van der Waals surface area (Å²) >= 11 is 0. The quantitative estimate of drug-likeness (QED) is 0.284. The molecule has 0 aromatic heterocycles. The van der Waals surface area contributed by atoms with Gasteiger partial charge in [-0.3, -0.25) is 0 Å². The topological polar surface area (TPSA) is 27.7 Å². The molecule has 0 bridgehead atoms. The lowest BCUT2D eigenvalue weighted by atomic mass is 10.1. The van der Waals surface area contributed by atoms with Crippen LogP contribution >= 0.6 is 0 Å². The highest BCUT2D eigenvalue weighted by atomic mass is 28.4. The molecule has 1 aliphatic rings. The van der Waals surface area contributed by atoms with Crippen molar-refractivity contribution in [1.29, 1.82) is 0 Å². The monoisotopic (exact) mass is 346 g/mol. The zero-order valence-corrected chi connectivity index (χ0v) is 17.1. The minimum Gasteiger partial charge on any atom is -0.377 e. The summed E-state index contributed by atoms with van der Waals surface area (Å²) in [6.45, 7) is 7.42. The first kappa shape index (κ1) is 21.1. The average Bonchev–Trinajstić information content (AvgIpc) is 2.61. The summed E-state index contributed by atoms with van der Waals surface area (Å²) in [7, 11) is 2.76. The van der Waals surface area contributed by atoms with Crippen molar-refractivity contribution in [3.63, 3.8) is 0 Å². The maximum Gasteiger partial charge on any atom is 0.505 e. The van der Waals surface area contributed by atoms with E-state index in [-0.39, 0.29) is 0 Å². The van der Waals surface area contributed by atoms with E-state index in [1.807, 2.05) is 0 Å². The van der Waals surface area contributed by atoms with Gasteiger partial charge in [0.15, 0.2) is 0 Å². The molecule has 5 heteroatoms. The van der Waals surface area contributed by atoms with E-state index in [9.17, 15) is 0 Å². The number of hydrogen-bond donors (Lipinski definition) is 0. The van der Waals surface area contributed by atoms with Gasteiger partial charge >= 0.3 is 8.80 Å².